The van der Waals surface area contributed by atoms with Gasteiger partial charge in [0.05, 0.1) is 19.8 Å². The molecule has 1 N–H and O–H groups in total. The van der Waals surface area contributed by atoms with Crippen LogP contribution in [0.5, 0.6) is 0 Å². The summed E-state index contributed by atoms with van der Waals surface area (Å²) in [5.74, 6) is -5.11. The van der Waals surface area contributed by atoms with Crippen LogP contribution in [0.4, 0.5) is 13.2 Å². The van der Waals surface area contributed by atoms with Gasteiger partial charge in [-0.2, -0.15) is 13.2 Å². The van der Waals surface area contributed by atoms with E-state index in [4.69, 9.17) is 14.6 Å². The number of hydrogen-bond donors (Lipinski definition) is 1. The van der Waals surface area contributed by atoms with Gasteiger partial charge in [0.25, 0.3) is 0 Å². The van der Waals surface area contributed by atoms with Crippen LogP contribution in [-0.2, 0) is 19.1 Å². The summed E-state index contributed by atoms with van der Waals surface area (Å²) in [6, 6.07) is -1.59. The summed E-state index contributed by atoms with van der Waals surface area (Å²) in [6.07, 6.45) is -5.41. The molecule has 2 fully saturated rings. The van der Waals surface area contributed by atoms with Gasteiger partial charge < -0.3 is 19.5 Å². The Kier molecular flexibility index (Phi) is 2.98. The van der Waals surface area contributed by atoms with Crippen molar-refractivity contribution in [2.24, 2.45) is 0 Å². The Hall–Kier alpha value is -1.35. The van der Waals surface area contributed by atoms with Crippen molar-refractivity contribution in [2.75, 3.05) is 19.8 Å². The third-order valence-corrected chi connectivity index (χ3v) is 2.89. The van der Waals surface area contributed by atoms with Crippen LogP contribution in [0.15, 0.2) is 0 Å². The predicted octanol–water partition coefficient (Wildman–Crippen LogP) is -0.0227. The number of carbonyl (C=O) groups excluding carboxylic acids is 1. The molecule has 1 amide bonds. The van der Waals surface area contributed by atoms with E-state index in [9.17, 15) is 22.8 Å². The van der Waals surface area contributed by atoms with E-state index in [-0.39, 0.29) is 24.5 Å². The van der Waals surface area contributed by atoms with E-state index >= 15 is 0 Å². The Morgan fingerprint density at radius 2 is 1.83 bits per heavy atom. The average molecular weight is 269 g/mol. The maximum atomic E-state index is 12.3. The molecule has 0 aliphatic carbocycles. The van der Waals surface area contributed by atoms with Gasteiger partial charge in [-0.25, -0.2) is 4.79 Å². The monoisotopic (exact) mass is 269 g/mol. The molecule has 1 atom stereocenters. The SMILES string of the molecule is O=C(O)[C@H]1CC2(CN1C(=O)C(F)(F)F)OCCO2. The third-order valence-electron chi connectivity index (χ3n) is 2.89. The molecule has 0 bridgehead atoms. The lowest BCUT2D eigenvalue weighted by molar-refractivity contribution is -0.191. The van der Waals surface area contributed by atoms with Crippen LogP contribution in [0.3, 0.4) is 0 Å². The second-order valence-electron chi connectivity index (χ2n) is 4.10. The summed E-state index contributed by atoms with van der Waals surface area (Å²) in [6.45, 7) is -0.191. The van der Waals surface area contributed by atoms with Gasteiger partial charge in [0, 0.05) is 6.42 Å². The fourth-order valence-electron chi connectivity index (χ4n) is 2.14. The smallest absolute Gasteiger partial charge is 0.471 e. The van der Waals surface area contributed by atoms with Crippen LogP contribution < -0.4 is 0 Å². The van der Waals surface area contributed by atoms with Crippen molar-refractivity contribution in [3.05, 3.63) is 0 Å². The molecule has 0 unspecified atom stereocenters. The molecule has 0 saturated carbocycles. The quantitative estimate of drug-likeness (QED) is 0.724. The van der Waals surface area contributed by atoms with Crippen LogP contribution in [0, 0.1) is 0 Å². The number of aliphatic carboxylic acids is 1. The summed E-state index contributed by atoms with van der Waals surface area (Å²) in [5, 5.41) is 8.87. The normalized spacial score (nSPS) is 26.8. The Morgan fingerprint density at radius 1 is 1.28 bits per heavy atom. The molecular formula is C9H10F3NO5. The van der Waals surface area contributed by atoms with E-state index < -0.39 is 36.4 Å². The van der Waals surface area contributed by atoms with Crippen LogP contribution in [0.1, 0.15) is 6.42 Å². The molecule has 102 valence electrons. The first-order valence-corrected chi connectivity index (χ1v) is 5.14. The lowest BCUT2D eigenvalue weighted by Crippen LogP contribution is -2.47. The van der Waals surface area contributed by atoms with Gasteiger partial charge in [-0.15, -0.1) is 0 Å². The first-order valence-electron chi connectivity index (χ1n) is 5.14. The maximum Gasteiger partial charge on any atom is 0.471 e. The number of carboxylic acids is 1. The molecule has 1 spiro atoms. The molecular weight excluding hydrogens is 259 g/mol. The number of likely N-dealkylation sites (tertiary alicyclic amines) is 1. The Bertz CT molecular complexity index is 377. The second kappa shape index (κ2) is 4.09. The van der Waals surface area contributed by atoms with E-state index in [2.05, 4.69) is 0 Å². The molecule has 2 aliphatic heterocycles. The highest BCUT2D eigenvalue weighted by molar-refractivity contribution is 5.87. The van der Waals surface area contributed by atoms with E-state index in [0.717, 1.165) is 0 Å². The number of halogens is 3. The lowest BCUT2D eigenvalue weighted by atomic mass is 10.1. The van der Waals surface area contributed by atoms with Crippen LogP contribution in [-0.4, -0.2) is 59.6 Å². The largest absolute Gasteiger partial charge is 0.480 e. The van der Waals surface area contributed by atoms with E-state index in [1.807, 2.05) is 0 Å². The van der Waals surface area contributed by atoms with E-state index in [1.54, 1.807) is 0 Å². The second-order valence-corrected chi connectivity index (χ2v) is 4.10. The zero-order valence-corrected chi connectivity index (χ0v) is 9.07. The minimum absolute atomic E-state index is 0.167. The van der Waals surface area contributed by atoms with Crippen molar-refractivity contribution in [1.29, 1.82) is 0 Å². The first-order chi connectivity index (χ1) is 8.25. The topological polar surface area (TPSA) is 76.1 Å². The van der Waals surface area contributed by atoms with Crippen molar-refractivity contribution < 1.29 is 37.3 Å². The van der Waals surface area contributed by atoms with Crippen LogP contribution in [0.25, 0.3) is 0 Å². The molecule has 9 heteroatoms. The van der Waals surface area contributed by atoms with E-state index in [0.29, 0.717) is 0 Å². The lowest BCUT2D eigenvalue weighted by Gasteiger charge is -2.23. The first kappa shape index (κ1) is 13.1. The standard InChI is InChI=1S/C9H10F3NO5/c10-9(11,12)7(16)13-4-8(17-1-2-18-8)3-5(13)6(14)15/h5H,1-4H2,(H,14,15)/t5-/m1/s1. The van der Waals surface area contributed by atoms with Gasteiger partial charge in [-0.1, -0.05) is 0 Å². The van der Waals surface area contributed by atoms with Crippen molar-refractivity contribution >= 4 is 11.9 Å². The highest BCUT2D eigenvalue weighted by Crippen LogP contribution is 2.36. The minimum atomic E-state index is -5.11. The van der Waals surface area contributed by atoms with Gasteiger partial charge in [0.2, 0.25) is 0 Å². The number of carbonyl (C=O) groups is 2. The number of alkyl halides is 3. The molecule has 0 aromatic carbocycles. The molecule has 0 radical (unpaired) electrons. The van der Waals surface area contributed by atoms with Crippen molar-refractivity contribution in [3.63, 3.8) is 0 Å². The summed E-state index contributed by atoms with van der Waals surface area (Å²) < 4.78 is 47.3. The Labute approximate surface area is 99.2 Å². The summed E-state index contributed by atoms with van der Waals surface area (Å²) in [5.41, 5.74) is 0. The van der Waals surface area contributed by atoms with Gasteiger partial charge in [-0.3, -0.25) is 4.79 Å². The summed E-state index contributed by atoms with van der Waals surface area (Å²) >= 11 is 0. The van der Waals surface area contributed by atoms with Crippen molar-refractivity contribution in [3.8, 4) is 0 Å². The van der Waals surface area contributed by atoms with Crippen molar-refractivity contribution in [2.45, 2.75) is 24.4 Å². The summed E-state index contributed by atoms with van der Waals surface area (Å²) in [4.78, 5) is 22.3. The minimum Gasteiger partial charge on any atom is -0.480 e. The number of carboxylic acid groups (broad SMARTS) is 1. The number of amides is 1. The number of rotatable bonds is 1. The highest BCUT2D eigenvalue weighted by Gasteiger charge is 2.57. The number of nitrogens with zero attached hydrogens (tertiary/aromatic N) is 1. The van der Waals surface area contributed by atoms with Crippen LogP contribution in [0.2, 0.25) is 0 Å². The molecule has 2 rings (SSSR count). The molecule has 2 aliphatic rings. The Morgan fingerprint density at radius 3 is 2.28 bits per heavy atom. The maximum absolute atomic E-state index is 12.3. The number of ether oxygens (including phenoxy) is 2. The summed E-state index contributed by atoms with van der Waals surface area (Å²) in [7, 11) is 0. The molecule has 2 saturated heterocycles. The predicted molar refractivity (Wildman–Crippen MR) is 48.4 cm³/mol. The van der Waals surface area contributed by atoms with E-state index in [1.165, 1.54) is 0 Å². The molecule has 0 aromatic heterocycles. The third kappa shape index (κ3) is 2.15. The molecule has 18 heavy (non-hydrogen) atoms. The molecule has 0 aromatic rings. The van der Waals surface area contributed by atoms with Gasteiger partial charge in [-0.05, 0) is 0 Å². The van der Waals surface area contributed by atoms with Gasteiger partial charge in [0.1, 0.15) is 6.04 Å². The highest BCUT2D eigenvalue weighted by atomic mass is 19.4. The number of hydrogen-bond acceptors (Lipinski definition) is 4. The fourth-order valence-corrected chi connectivity index (χ4v) is 2.14. The zero-order valence-electron chi connectivity index (χ0n) is 9.07. The molecule has 2 heterocycles. The van der Waals surface area contributed by atoms with Gasteiger partial charge >= 0.3 is 18.1 Å². The van der Waals surface area contributed by atoms with Gasteiger partial charge in [0.15, 0.2) is 5.79 Å². The Balaban J connectivity index is 2.22. The molecule has 6 nitrogen and oxygen atoms in total. The van der Waals surface area contributed by atoms with Crippen LogP contribution >= 0.6 is 0 Å². The van der Waals surface area contributed by atoms with Crippen molar-refractivity contribution in [1.82, 2.24) is 4.90 Å². The average Bonchev–Trinajstić information content (AvgIpc) is 2.84. The fraction of sp³-hybridized carbons (Fsp3) is 0.778. The zero-order chi connectivity index (χ0) is 13.6.